The van der Waals surface area contributed by atoms with Crippen molar-refractivity contribution >= 4 is 5.97 Å². The van der Waals surface area contributed by atoms with Crippen molar-refractivity contribution in [3.8, 4) is 0 Å². The maximum absolute atomic E-state index is 12.3. The van der Waals surface area contributed by atoms with Crippen LogP contribution in [0.3, 0.4) is 0 Å². The third-order valence-corrected chi connectivity index (χ3v) is 3.74. The molecule has 2 saturated heterocycles. The van der Waals surface area contributed by atoms with Gasteiger partial charge in [-0.25, -0.2) is 4.79 Å². The summed E-state index contributed by atoms with van der Waals surface area (Å²) in [5.41, 5.74) is -0.407. The molecule has 0 bridgehead atoms. The van der Waals surface area contributed by atoms with E-state index < -0.39 is 0 Å². The highest BCUT2D eigenvalue weighted by Crippen LogP contribution is 2.44. The van der Waals surface area contributed by atoms with Gasteiger partial charge in [-0.3, -0.25) is 4.90 Å². The lowest BCUT2D eigenvalue weighted by atomic mass is 9.91. The standard InChI is InChI=1S/C13H24N2O2/c1-12(2,3)10-15-8-6-7-13(15,9-14(4)5)11(16)17-10/h10H,6-9H2,1-5H3. The molecule has 0 aliphatic carbocycles. The topological polar surface area (TPSA) is 32.8 Å². The van der Waals surface area contributed by atoms with Gasteiger partial charge in [0.05, 0.1) is 0 Å². The maximum atomic E-state index is 12.3. The van der Waals surface area contributed by atoms with Crippen LogP contribution >= 0.6 is 0 Å². The summed E-state index contributed by atoms with van der Waals surface area (Å²) in [6.45, 7) is 8.14. The first-order chi connectivity index (χ1) is 7.77. The second kappa shape index (κ2) is 3.95. The molecule has 2 fully saturated rings. The van der Waals surface area contributed by atoms with E-state index in [0.29, 0.717) is 0 Å². The molecule has 0 N–H and O–H groups in total. The normalized spacial score (nSPS) is 34.2. The third kappa shape index (κ3) is 1.97. The van der Waals surface area contributed by atoms with Crippen molar-refractivity contribution in [2.75, 3.05) is 27.2 Å². The van der Waals surface area contributed by atoms with Crippen molar-refractivity contribution in [1.82, 2.24) is 9.80 Å². The van der Waals surface area contributed by atoms with Gasteiger partial charge < -0.3 is 9.64 Å². The monoisotopic (exact) mass is 240 g/mol. The molecule has 2 unspecified atom stereocenters. The van der Waals surface area contributed by atoms with Gasteiger partial charge in [-0.05, 0) is 26.9 Å². The van der Waals surface area contributed by atoms with Crippen LogP contribution in [0.15, 0.2) is 0 Å². The van der Waals surface area contributed by atoms with Crippen LogP contribution < -0.4 is 0 Å². The van der Waals surface area contributed by atoms with Crippen LogP contribution in [-0.4, -0.2) is 54.7 Å². The van der Waals surface area contributed by atoms with Crippen LogP contribution in [-0.2, 0) is 9.53 Å². The van der Waals surface area contributed by atoms with E-state index in [-0.39, 0.29) is 23.2 Å². The van der Waals surface area contributed by atoms with Crippen LogP contribution in [0.2, 0.25) is 0 Å². The second-order valence-electron chi connectivity index (χ2n) is 6.69. The Morgan fingerprint density at radius 3 is 2.65 bits per heavy atom. The Kier molecular flexibility index (Phi) is 2.99. The van der Waals surface area contributed by atoms with Gasteiger partial charge in [-0.2, -0.15) is 0 Å². The molecule has 0 spiro atoms. The highest BCUT2D eigenvalue weighted by molar-refractivity contribution is 5.84. The predicted octanol–water partition coefficient (Wildman–Crippen LogP) is 1.31. The number of esters is 1. The minimum atomic E-state index is -0.387. The average molecular weight is 240 g/mol. The number of ether oxygens (including phenoxy) is 1. The molecule has 0 aromatic heterocycles. The van der Waals surface area contributed by atoms with Crippen molar-refractivity contribution in [2.45, 2.75) is 45.4 Å². The van der Waals surface area contributed by atoms with E-state index in [4.69, 9.17) is 4.74 Å². The van der Waals surface area contributed by atoms with Gasteiger partial charge in [0.15, 0.2) is 6.23 Å². The van der Waals surface area contributed by atoms with Gasteiger partial charge in [-0.1, -0.05) is 20.8 Å². The Morgan fingerprint density at radius 1 is 1.47 bits per heavy atom. The van der Waals surface area contributed by atoms with E-state index >= 15 is 0 Å². The van der Waals surface area contributed by atoms with Gasteiger partial charge >= 0.3 is 5.97 Å². The lowest BCUT2D eigenvalue weighted by Crippen LogP contribution is -2.54. The van der Waals surface area contributed by atoms with Crippen LogP contribution in [0.25, 0.3) is 0 Å². The number of hydrogen-bond donors (Lipinski definition) is 0. The van der Waals surface area contributed by atoms with E-state index in [2.05, 4.69) is 30.6 Å². The minimum Gasteiger partial charge on any atom is -0.444 e. The summed E-state index contributed by atoms with van der Waals surface area (Å²) in [7, 11) is 4.03. The molecule has 2 atom stereocenters. The Morgan fingerprint density at radius 2 is 2.12 bits per heavy atom. The minimum absolute atomic E-state index is 0.0198. The Bertz CT molecular complexity index is 322. The number of cyclic esters (lactones) is 1. The molecule has 0 saturated carbocycles. The number of carbonyl (C=O) groups excluding carboxylic acids is 1. The Balaban J connectivity index is 2.29. The van der Waals surface area contributed by atoms with Crippen molar-refractivity contribution in [3.05, 3.63) is 0 Å². The summed E-state index contributed by atoms with van der Waals surface area (Å²) < 4.78 is 5.66. The molecule has 4 heteroatoms. The van der Waals surface area contributed by atoms with Crippen LogP contribution in [0.4, 0.5) is 0 Å². The molecule has 0 radical (unpaired) electrons. The zero-order valence-electron chi connectivity index (χ0n) is 11.6. The van der Waals surface area contributed by atoms with Crippen molar-refractivity contribution < 1.29 is 9.53 Å². The highest BCUT2D eigenvalue weighted by atomic mass is 16.6. The Labute approximate surface area is 104 Å². The summed E-state index contributed by atoms with van der Waals surface area (Å²) in [6, 6.07) is 0. The molecule has 0 aromatic rings. The van der Waals surface area contributed by atoms with Gasteiger partial charge in [0.2, 0.25) is 0 Å². The molecule has 0 aromatic carbocycles. The first kappa shape index (κ1) is 12.8. The third-order valence-electron chi connectivity index (χ3n) is 3.74. The zero-order chi connectivity index (χ0) is 12.8. The van der Waals surface area contributed by atoms with Gasteiger partial charge in [0.1, 0.15) is 5.54 Å². The van der Waals surface area contributed by atoms with Gasteiger partial charge in [-0.15, -0.1) is 0 Å². The lowest BCUT2D eigenvalue weighted by molar-refractivity contribution is -0.150. The summed E-state index contributed by atoms with van der Waals surface area (Å²) in [5.74, 6) is -0.0244. The SMILES string of the molecule is CN(C)CC12CCCN1C(C(C)(C)C)OC2=O. The zero-order valence-corrected chi connectivity index (χ0v) is 11.6. The van der Waals surface area contributed by atoms with Gasteiger partial charge in [0.25, 0.3) is 0 Å². The molecule has 2 aliphatic heterocycles. The predicted molar refractivity (Wildman–Crippen MR) is 66.6 cm³/mol. The fraction of sp³-hybridized carbons (Fsp3) is 0.923. The summed E-state index contributed by atoms with van der Waals surface area (Å²) in [6.07, 6.45) is 1.95. The maximum Gasteiger partial charge on any atom is 0.329 e. The van der Waals surface area contributed by atoms with E-state index in [9.17, 15) is 4.79 Å². The fourth-order valence-corrected chi connectivity index (χ4v) is 3.14. The molecular weight excluding hydrogens is 216 g/mol. The number of likely N-dealkylation sites (N-methyl/N-ethyl adjacent to an activating group) is 1. The van der Waals surface area contributed by atoms with Crippen molar-refractivity contribution in [1.29, 1.82) is 0 Å². The fourth-order valence-electron chi connectivity index (χ4n) is 3.14. The number of rotatable bonds is 2. The quantitative estimate of drug-likeness (QED) is 0.681. The molecule has 0 amide bonds. The highest BCUT2D eigenvalue weighted by Gasteiger charge is 2.60. The number of hydrogen-bond acceptors (Lipinski definition) is 4. The van der Waals surface area contributed by atoms with E-state index in [0.717, 1.165) is 25.9 Å². The first-order valence-electron chi connectivity index (χ1n) is 6.40. The molecule has 2 aliphatic rings. The molecule has 98 valence electrons. The average Bonchev–Trinajstić information content (AvgIpc) is 2.64. The van der Waals surface area contributed by atoms with Crippen molar-refractivity contribution in [3.63, 3.8) is 0 Å². The smallest absolute Gasteiger partial charge is 0.329 e. The van der Waals surface area contributed by atoms with Crippen LogP contribution in [0.1, 0.15) is 33.6 Å². The van der Waals surface area contributed by atoms with Crippen molar-refractivity contribution in [2.24, 2.45) is 5.41 Å². The van der Waals surface area contributed by atoms with E-state index in [1.54, 1.807) is 0 Å². The molecule has 4 nitrogen and oxygen atoms in total. The number of nitrogens with zero attached hydrogens (tertiary/aromatic N) is 2. The molecule has 2 heterocycles. The van der Waals surface area contributed by atoms with Crippen LogP contribution in [0.5, 0.6) is 0 Å². The molecule has 17 heavy (non-hydrogen) atoms. The Hall–Kier alpha value is -0.610. The number of carbonyl (C=O) groups is 1. The van der Waals surface area contributed by atoms with Gasteiger partial charge in [0, 0.05) is 18.5 Å². The second-order valence-corrected chi connectivity index (χ2v) is 6.69. The molecule has 2 rings (SSSR count). The molecular formula is C13H24N2O2. The van der Waals surface area contributed by atoms with E-state index in [1.807, 2.05) is 14.1 Å². The summed E-state index contributed by atoms with van der Waals surface area (Å²) >= 11 is 0. The van der Waals surface area contributed by atoms with Crippen LogP contribution in [0, 0.1) is 5.41 Å². The largest absolute Gasteiger partial charge is 0.444 e. The summed E-state index contributed by atoms with van der Waals surface area (Å²) in [5, 5.41) is 0. The lowest BCUT2D eigenvalue weighted by Gasteiger charge is -2.36. The first-order valence-corrected chi connectivity index (χ1v) is 6.40. The summed E-state index contributed by atoms with van der Waals surface area (Å²) in [4.78, 5) is 16.7. The number of fused-ring (bicyclic) bond motifs is 1. The van der Waals surface area contributed by atoms with E-state index in [1.165, 1.54) is 0 Å².